The fourth-order valence-electron chi connectivity index (χ4n) is 4.97. The van der Waals surface area contributed by atoms with Crippen molar-refractivity contribution in [2.75, 3.05) is 55.6 Å². The molecule has 5 rings (SSSR count). The Bertz CT molecular complexity index is 1040. The largest absolute Gasteiger partial charge is 0.369 e. The van der Waals surface area contributed by atoms with Crippen molar-refractivity contribution in [1.29, 1.82) is 0 Å². The van der Waals surface area contributed by atoms with Crippen molar-refractivity contribution in [1.82, 2.24) is 9.88 Å². The molecule has 1 fully saturated rings. The minimum atomic E-state index is -0.264. The van der Waals surface area contributed by atoms with Crippen LogP contribution in [-0.2, 0) is 4.79 Å². The van der Waals surface area contributed by atoms with Crippen LogP contribution in [0.3, 0.4) is 0 Å². The minimum Gasteiger partial charge on any atom is -0.369 e. The summed E-state index contributed by atoms with van der Waals surface area (Å²) in [7, 11) is 0. The molecule has 1 amide bonds. The van der Waals surface area contributed by atoms with Gasteiger partial charge in [-0.2, -0.15) is 0 Å². The normalized spacial score (nSPS) is 19.4. The fraction of sp³-hybridized carbons (Fsp3) is 0.375. The molecule has 1 aromatic heterocycles. The molecule has 30 heavy (non-hydrogen) atoms. The van der Waals surface area contributed by atoms with E-state index in [9.17, 15) is 4.79 Å². The van der Waals surface area contributed by atoms with E-state index in [1.165, 1.54) is 27.8 Å². The van der Waals surface area contributed by atoms with Gasteiger partial charge in [-0.15, -0.1) is 0 Å². The second kappa shape index (κ2) is 8.03. The number of anilines is 2. The molecule has 3 heterocycles. The summed E-state index contributed by atoms with van der Waals surface area (Å²) in [5, 5.41) is 1.27. The topological polar surface area (TPSA) is 68.6 Å². The zero-order valence-corrected chi connectivity index (χ0v) is 17.3. The Morgan fingerprint density at radius 2 is 1.90 bits per heavy atom. The number of H-pyrrole nitrogens is 1. The van der Waals surface area contributed by atoms with Crippen molar-refractivity contribution >= 4 is 28.2 Å². The average molecular weight is 404 g/mol. The molecule has 0 bridgehead atoms. The number of aromatic amines is 1. The molecule has 3 N–H and O–H groups in total. The molecular formula is C24H29N5O. The summed E-state index contributed by atoms with van der Waals surface area (Å²) >= 11 is 0. The van der Waals surface area contributed by atoms with E-state index in [4.69, 9.17) is 5.73 Å². The third kappa shape index (κ3) is 3.75. The first-order valence-electron chi connectivity index (χ1n) is 10.8. The van der Waals surface area contributed by atoms with Crippen molar-refractivity contribution in [2.24, 2.45) is 5.73 Å². The summed E-state index contributed by atoms with van der Waals surface area (Å²) in [6, 6.07) is 17.3. The maximum absolute atomic E-state index is 11.4. The molecule has 2 aliphatic heterocycles. The summed E-state index contributed by atoms with van der Waals surface area (Å²) in [6.45, 7) is 6.58. The van der Waals surface area contributed by atoms with Crippen molar-refractivity contribution in [3.63, 3.8) is 0 Å². The van der Waals surface area contributed by atoms with Gasteiger partial charge in [0, 0.05) is 67.1 Å². The van der Waals surface area contributed by atoms with Gasteiger partial charge in [0.1, 0.15) is 0 Å². The van der Waals surface area contributed by atoms with Gasteiger partial charge in [0.15, 0.2) is 0 Å². The van der Waals surface area contributed by atoms with Crippen LogP contribution in [0.1, 0.15) is 17.9 Å². The second-order valence-corrected chi connectivity index (χ2v) is 8.47. The number of aromatic nitrogens is 1. The highest BCUT2D eigenvalue weighted by Gasteiger charge is 2.29. The van der Waals surface area contributed by atoms with Crippen LogP contribution >= 0.6 is 0 Å². The Balaban J connectivity index is 1.17. The van der Waals surface area contributed by atoms with Crippen LogP contribution < -0.4 is 15.5 Å². The Kier molecular flexibility index (Phi) is 5.09. The Morgan fingerprint density at radius 1 is 1.07 bits per heavy atom. The first-order chi connectivity index (χ1) is 14.7. The van der Waals surface area contributed by atoms with Crippen molar-refractivity contribution in [3.8, 4) is 0 Å². The number of fused-ring (bicyclic) bond motifs is 2. The number of carbonyl (C=O) groups excluding carboxylic acids is 1. The Hall–Kier alpha value is -2.99. The number of rotatable bonds is 6. The Labute approximate surface area is 177 Å². The van der Waals surface area contributed by atoms with Crippen LogP contribution in [0.25, 0.3) is 10.9 Å². The molecule has 0 saturated carbocycles. The van der Waals surface area contributed by atoms with Gasteiger partial charge in [0.25, 0.3) is 0 Å². The standard InChI is InChI=1S/C24H29N5O/c25-24(30)17-29-16-19(21-3-1-2-4-23(21)29)8-10-27-11-13-28(14-12-27)20-5-6-22-18(15-20)7-9-26-22/h1-7,9,15,19,26H,8,10-14,16-17H2,(H2,25,30)/t19-/m1/s1. The number of nitrogens with two attached hydrogens (primary N) is 1. The van der Waals surface area contributed by atoms with Gasteiger partial charge in [-0.25, -0.2) is 0 Å². The van der Waals surface area contributed by atoms with Gasteiger partial charge >= 0.3 is 0 Å². The molecule has 6 heteroatoms. The summed E-state index contributed by atoms with van der Waals surface area (Å²) in [6.07, 6.45) is 3.11. The lowest BCUT2D eigenvalue weighted by atomic mass is 9.97. The number of primary amides is 1. The van der Waals surface area contributed by atoms with E-state index >= 15 is 0 Å². The highest BCUT2D eigenvalue weighted by molar-refractivity contribution is 5.83. The van der Waals surface area contributed by atoms with Gasteiger partial charge in [-0.05, 0) is 48.9 Å². The average Bonchev–Trinajstić information content (AvgIpc) is 3.37. The molecule has 2 aliphatic rings. The molecule has 6 nitrogen and oxygen atoms in total. The molecule has 0 aliphatic carbocycles. The lowest BCUT2D eigenvalue weighted by molar-refractivity contribution is -0.116. The maximum Gasteiger partial charge on any atom is 0.236 e. The summed E-state index contributed by atoms with van der Waals surface area (Å²) in [5.41, 5.74) is 10.5. The molecule has 3 aromatic rings. The zero-order valence-electron chi connectivity index (χ0n) is 17.3. The van der Waals surface area contributed by atoms with Gasteiger partial charge in [-0.3, -0.25) is 9.69 Å². The number of para-hydroxylation sites is 1. The predicted molar refractivity (Wildman–Crippen MR) is 122 cm³/mol. The zero-order chi connectivity index (χ0) is 20.5. The highest BCUT2D eigenvalue weighted by atomic mass is 16.1. The van der Waals surface area contributed by atoms with Crippen LogP contribution in [0.5, 0.6) is 0 Å². The lowest BCUT2D eigenvalue weighted by Crippen LogP contribution is -2.46. The smallest absolute Gasteiger partial charge is 0.236 e. The molecule has 156 valence electrons. The molecule has 1 atom stereocenters. The second-order valence-electron chi connectivity index (χ2n) is 8.47. The van der Waals surface area contributed by atoms with E-state index in [2.05, 4.69) is 62.1 Å². The molecule has 1 saturated heterocycles. The Morgan fingerprint density at radius 3 is 2.73 bits per heavy atom. The third-order valence-electron chi connectivity index (χ3n) is 6.57. The quantitative estimate of drug-likeness (QED) is 0.664. The number of nitrogens with zero attached hydrogens (tertiary/aromatic N) is 3. The van der Waals surface area contributed by atoms with Crippen LogP contribution in [0.2, 0.25) is 0 Å². The number of benzene rings is 2. The number of hydrogen-bond donors (Lipinski definition) is 2. The van der Waals surface area contributed by atoms with Gasteiger partial charge in [0.05, 0.1) is 6.54 Å². The summed E-state index contributed by atoms with van der Waals surface area (Å²) in [5.74, 6) is 0.203. The van der Waals surface area contributed by atoms with E-state index in [-0.39, 0.29) is 5.91 Å². The lowest BCUT2D eigenvalue weighted by Gasteiger charge is -2.36. The SMILES string of the molecule is NC(=O)CN1C[C@@H](CCN2CCN(c3ccc4[nH]ccc4c3)CC2)c2ccccc21. The van der Waals surface area contributed by atoms with Crippen molar-refractivity contribution in [2.45, 2.75) is 12.3 Å². The summed E-state index contributed by atoms with van der Waals surface area (Å²) < 4.78 is 0. The van der Waals surface area contributed by atoms with Gasteiger partial charge in [-0.1, -0.05) is 18.2 Å². The molecule has 0 radical (unpaired) electrons. The van der Waals surface area contributed by atoms with E-state index in [0.717, 1.165) is 45.7 Å². The first-order valence-corrected chi connectivity index (χ1v) is 10.8. The van der Waals surface area contributed by atoms with E-state index < -0.39 is 0 Å². The number of hydrogen-bond acceptors (Lipinski definition) is 4. The van der Waals surface area contributed by atoms with Gasteiger partial charge in [0.2, 0.25) is 5.91 Å². The van der Waals surface area contributed by atoms with Crippen LogP contribution in [0.4, 0.5) is 11.4 Å². The first kappa shape index (κ1) is 19.0. The van der Waals surface area contributed by atoms with Gasteiger partial charge < -0.3 is 20.5 Å². The molecule has 0 spiro atoms. The number of carbonyl (C=O) groups is 1. The van der Waals surface area contributed by atoms with E-state index in [1.54, 1.807) is 0 Å². The maximum atomic E-state index is 11.4. The predicted octanol–water partition coefficient (Wildman–Crippen LogP) is 2.77. The van der Waals surface area contributed by atoms with Crippen LogP contribution in [0.15, 0.2) is 54.7 Å². The summed E-state index contributed by atoms with van der Waals surface area (Å²) in [4.78, 5) is 21.9. The molecule has 2 aromatic carbocycles. The fourth-order valence-corrected chi connectivity index (χ4v) is 4.97. The minimum absolute atomic E-state index is 0.264. The van der Waals surface area contributed by atoms with Crippen molar-refractivity contribution in [3.05, 3.63) is 60.3 Å². The third-order valence-corrected chi connectivity index (χ3v) is 6.57. The van der Waals surface area contributed by atoms with E-state index in [0.29, 0.717) is 12.5 Å². The number of piperazine rings is 1. The molecule has 0 unspecified atom stereocenters. The van der Waals surface area contributed by atoms with E-state index in [1.807, 2.05) is 12.3 Å². The highest BCUT2D eigenvalue weighted by Crippen LogP contribution is 2.37. The van der Waals surface area contributed by atoms with Crippen LogP contribution in [0, 0.1) is 0 Å². The monoisotopic (exact) mass is 403 g/mol. The van der Waals surface area contributed by atoms with Crippen molar-refractivity contribution < 1.29 is 4.79 Å². The number of amides is 1. The number of nitrogens with one attached hydrogen (secondary N) is 1. The molecular weight excluding hydrogens is 374 g/mol. The van der Waals surface area contributed by atoms with Crippen LogP contribution in [-0.4, -0.2) is 61.6 Å².